The van der Waals surface area contributed by atoms with Crippen LogP contribution in [0.4, 0.5) is 0 Å². The molecular formula is C13H18N2O2S. The van der Waals surface area contributed by atoms with Crippen LogP contribution in [0.25, 0.3) is 0 Å². The molecule has 4 nitrogen and oxygen atoms in total. The minimum absolute atomic E-state index is 0.344. The Balaban J connectivity index is 2.18. The molecule has 0 aliphatic carbocycles. The van der Waals surface area contributed by atoms with Gasteiger partial charge in [0.15, 0.2) is 0 Å². The van der Waals surface area contributed by atoms with E-state index in [0.717, 1.165) is 18.5 Å². The second-order valence-electron chi connectivity index (χ2n) is 4.46. The van der Waals surface area contributed by atoms with Gasteiger partial charge in [0.05, 0.1) is 4.90 Å². The van der Waals surface area contributed by atoms with Crippen molar-refractivity contribution in [3.63, 3.8) is 0 Å². The molecule has 0 bridgehead atoms. The van der Waals surface area contributed by atoms with Crippen molar-refractivity contribution < 1.29 is 8.42 Å². The molecule has 0 amide bonds. The predicted molar refractivity (Wildman–Crippen MR) is 71.2 cm³/mol. The van der Waals surface area contributed by atoms with Crippen LogP contribution in [0.1, 0.15) is 18.9 Å². The normalized spacial score (nSPS) is 15.4. The van der Waals surface area contributed by atoms with Crippen molar-refractivity contribution in [3.05, 3.63) is 42.2 Å². The van der Waals surface area contributed by atoms with Crippen LogP contribution < -0.4 is 0 Å². The van der Waals surface area contributed by atoms with Gasteiger partial charge in [0.1, 0.15) is 6.67 Å². The highest BCUT2D eigenvalue weighted by Gasteiger charge is 2.25. The number of benzene rings is 1. The largest absolute Gasteiger partial charge is 0.358 e. The minimum atomic E-state index is -3.40. The molecular weight excluding hydrogens is 248 g/mol. The van der Waals surface area contributed by atoms with Gasteiger partial charge in [-0.2, -0.15) is 0 Å². The number of hydrogen-bond donors (Lipinski definition) is 0. The average molecular weight is 266 g/mol. The van der Waals surface area contributed by atoms with Gasteiger partial charge >= 0.3 is 0 Å². The first-order valence-electron chi connectivity index (χ1n) is 6.05. The van der Waals surface area contributed by atoms with Crippen molar-refractivity contribution in [2.75, 3.05) is 13.2 Å². The fourth-order valence-corrected chi connectivity index (χ4v) is 3.14. The van der Waals surface area contributed by atoms with Crippen molar-refractivity contribution in [1.82, 2.24) is 9.21 Å². The standard InChI is InChI=1S/C13H18N2O2S/c1-3-8-14-9-10-15(11-14)18(16,17)13-6-4-12(2)5-7-13/h4-7,9-10H,3,8,11H2,1-2H3. The third-order valence-corrected chi connectivity index (χ3v) is 4.63. The Morgan fingerprint density at radius 2 is 1.83 bits per heavy atom. The third kappa shape index (κ3) is 2.51. The first kappa shape index (κ1) is 13.0. The molecule has 0 saturated heterocycles. The smallest absolute Gasteiger partial charge is 0.265 e. The maximum Gasteiger partial charge on any atom is 0.265 e. The lowest BCUT2D eigenvalue weighted by Gasteiger charge is -2.20. The third-order valence-electron chi connectivity index (χ3n) is 2.90. The van der Waals surface area contributed by atoms with Gasteiger partial charge in [-0.1, -0.05) is 24.6 Å². The lowest BCUT2D eigenvalue weighted by Crippen LogP contribution is -2.30. The Kier molecular flexibility index (Phi) is 3.61. The van der Waals surface area contributed by atoms with Crippen LogP contribution in [-0.4, -0.2) is 30.8 Å². The molecule has 0 radical (unpaired) electrons. The summed E-state index contributed by atoms with van der Waals surface area (Å²) < 4.78 is 26.1. The van der Waals surface area contributed by atoms with Gasteiger partial charge in [-0.3, -0.25) is 4.31 Å². The Bertz CT molecular complexity index is 535. The van der Waals surface area contributed by atoms with E-state index in [1.807, 2.05) is 30.2 Å². The number of hydrogen-bond acceptors (Lipinski definition) is 3. The maximum absolute atomic E-state index is 12.3. The Labute approximate surface area is 109 Å². The monoisotopic (exact) mass is 266 g/mol. The number of aryl methyl sites for hydroxylation is 1. The van der Waals surface area contributed by atoms with Gasteiger partial charge in [0.2, 0.25) is 0 Å². The van der Waals surface area contributed by atoms with Crippen LogP contribution in [0.3, 0.4) is 0 Å². The molecule has 1 aromatic carbocycles. The molecule has 18 heavy (non-hydrogen) atoms. The molecule has 5 heteroatoms. The molecule has 1 heterocycles. The van der Waals surface area contributed by atoms with Gasteiger partial charge in [-0.05, 0) is 25.5 Å². The molecule has 0 fully saturated rings. The fraction of sp³-hybridized carbons (Fsp3) is 0.385. The molecule has 1 aromatic rings. The highest BCUT2D eigenvalue weighted by atomic mass is 32.2. The van der Waals surface area contributed by atoms with Crippen molar-refractivity contribution >= 4 is 10.0 Å². The summed E-state index contributed by atoms with van der Waals surface area (Å²) in [6, 6.07) is 6.94. The maximum atomic E-state index is 12.3. The summed E-state index contributed by atoms with van der Waals surface area (Å²) in [7, 11) is -3.40. The lowest BCUT2D eigenvalue weighted by atomic mass is 10.2. The van der Waals surface area contributed by atoms with Crippen molar-refractivity contribution in [2.45, 2.75) is 25.2 Å². The van der Waals surface area contributed by atoms with Gasteiger partial charge < -0.3 is 4.90 Å². The van der Waals surface area contributed by atoms with E-state index in [1.54, 1.807) is 18.3 Å². The number of sulfonamides is 1. The Hall–Kier alpha value is -1.49. The van der Waals surface area contributed by atoms with Crippen LogP contribution in [0.15, 0.2) is 41.6 Å². The van der Waals surface area contributed by atoms with E-state index in [-0.39, 0.29) is 0 Å². The molecule has 0 atom stereocenters. The zero-order valence-corrected chi connectivity index (χ0v) is 11.5. The van der Waals surface area contributed by atoms with E-state index in [9.17, 15) is 8.42 Å². The highest BCUT2D eigenvalue weighted by Crippen LogP contribution is 2.20. The van der Waals surface area contributed by atoms with Crippen LogP contribution in [0, 0.1) is 6.92 Å². The summed E-state index contributed by atoms with van der Waals surface area (Å²) >= 11 is 0. The molecule has 1 aliphatic heterocycles. The average Bonchev–Trinajstić information content (AvgIpc) is 2.79. The fourth-order valence-electron chi connectivity index (χ4n) is 1.88. The number of rotatable bonds is 4. The first-order chi connectivity index (χ1) is 8.54. The highest BCUT2D eigenvalue weighted by molar-refractivity contribution is 7.89. The van der Waals surface area contributed by atoms with Crippen LogP contribution in [0.5, 0.6) is 0 Å². The zero-order chi connectivity index (χ0) is 13.2. The molecule has 0 saturated carbocycles. The quantitative estimate of drug-likeness (QED) is 0.838. The van der Waals surface area contributed by atoms with E-state index in [4.69, 9.17) is 0 Å². The van der Waals surface area contributed by atoms with Crippen LogP contribution in [0.2, 0.25) is 0 Å². The van der Waals surface area contributed by atoms with E-state index in [2.05, 4.69) is 6.92 Å². The molecule has 1 aliphatic rings. The zero-order valence-electron chi connectivity index (χ0n) is 10.7. The number of nitrogens with zero attached hydrogens (tertiary/aromatic N) is 2. The summed E-state index contributed by atoms with van der Waals surface area (Å²) in [5.41, 5.74) is 1.05. The topological polar surface area (TPSA) is 40.6 Å². The second-order valence-corrected chi connectivity index (χ2v) is 6.35. The van der Waals surface area contributed by atoms with E-state index < -0.39 is 10.0 Å². The summed E-state index contributed by atoms with van der Waals surface area (Å²) in [5, 5.41) is 0. The summed E-state index contributed by atoms with van der Waals surface area (Å²) in [6.07, 6.45) is 4.46. The first-order valence-corrected chi connectivity index (χ1v) is 7.49. The van der Waals surface area contributed by atoms with E-state index in [1.165, 1.54) is 4.31 Å². The summed E-state index contributed by atoms with van der Waals surface area (Å²) in [5.74, 6) is 0. The lowest BCUT2D eigenvalue weighted by molar-refractivity contribution is 0.333. The van der Waals surface area contributed by atoms with Gasteiger partial charge in [0.25, 0.3) is 10.0 Å². The predicted octanol–water partition coefficient (Wildman–Crippen LogP) is 2.14. The molecule has 98 valence electrons. The van der Waals surface area contributed by atoms with Crippen molar-refractivity contribution in [1.29, 1.82) is 0 Å². The second kappa shape index (κ2) is 5.02. The molecule has 2 rings (SSSR count). The van der Waals surface area contributed by atoms with Crippen molar-refractivity contribution in [2.24, 2.45) is 0 Å². The Morgan fingerprint density at radius 1 is 1.17 bits per heavy atom. The molecule has 0 aromatic heterocycles. The SMILES string of the molecule is CCCN1C=CN(S(=O)(=O)c2ccc(C)cc2)C1. The van der Waals surface area contributed by atoms with E-state index in [0.29, 0.717) is 11.6 Å². The summed E-state index contributed by atoms with van der Waals surface area (Å²) in [4.78, 5) is 2.34. The molecule has 0 spiro atoms. The molecule has 0 unspecified atom stereocenters. The van der Waals surface area contributed by atoms with Gasteiger partial charge in [-0.25, -0.2) is 8.42 Å². The van der Waals surface area contributed by atoms with Gasteiger partial charge in [0, 0.05) is 18.9 Å². The minimum Gasteiger partial charge on any atom is -0.358 e. The van der Waals surface area contributed by atoms with Gasteiger partial charge in [-0.15, -0.1) is 0 Å². The summed E-state index contributed by atoms with van der Waals surface area (Å²) in [6.45, 7) is 5.29. The van der Waals surface area contributed by atoms with Crippen LogP contribution in [-0.2, 0) is 10.0 Å². The van der Waals surface area contributed by atoms with Crippen LogP contribution >= 0.6 is 0 Å². The van der Waals surface area contributed by atoms with Crippen molar-refractivity contribution in [3.8, 4) is 0 Å². The van der Waals surface area contributed by atoms with E-state index >= 15 is 0 Å². The molecule has 0 N–H and O–H groups in total. The Morgan fingerprint density at radius 3 is 2.44 bits per heavy atom.